The van der Waals surface area contributed by atoms with E-state index in [2.05, 4.69) is 10.5 Å². The Kier molecular flexibility index (Phi) is 11.8. The van der Waals surface area contributed by atoms with Crippen LogP contribution in [0.1, 0.15) is 42.9 Å². The van der Waals surface area contributed by atoms with Crippen molar-refractivity contribution >= 4 is 80.8 Å². The lowest BCUT2D eigenvalue weighted by molar-refractivity contribution is -0.907. The predicted molar refractivity (Wildman–Crippen MR) is 207 cm³/mol. The van der Waals surface area contributed by atoms with Crippen molar-refractivity contribution in [3.8, 4) is 11.5 Å². The Morgan fingerprint density at radius 2 is 1.89 bits per heavy atom. The van der Waals surface area contributed by atoms with Crippen molar-refractivity contribution in [3.63, 3.8) is 0 Å². The highest BCUT2D eigenvalue weighted by Crippen LogP contribution is 2.46. The number of amides is 2. The van der Waals surface area contributed by atoms with Crippen LogP contribution < -0.4 is 16.0 Å². The van der Waals surface area contributed by atoms with E-state index in [0.717, 1.165) is 48.4 Å². The van der Waals surface area contributed by atoms with Crippen LogP contribution in [-0.2, 0) is 46.4 Å². The molecule has 0 bridgehead atoms. The van der Waals surface area contributed by atoms with Gasteiger partial charge in [0.15, 0.2) is 17.2 Å². The van der Waals surface area contributed by atoms with Crippen molar-refractivity contribution in [2.45, 2.75) is 56.5 Å². The molecule has 2 fully saturated rings. The first kappa shape index (κ1) is 40.7. The molecule has 0 radical (unpaired) electrons. The summed E-state index contributed by atoms with van der Waals surface area (Å²) in [5.41, 5.74) is 9.76. The smallest absolute Gasteiger partial charge is 0.355 e. The molecule has 2 saturated heterocycles. The minimum Gasteiger partial charge on any atom is -0.504 e. The van der Waals surface area contributed by atoms with Crippen LogP contribution in [0, 0.1) is 0 Å². The van der Waals surface area contributed by atoms with Crippen LogP contribution in [-0.4, -0.2) is 129 Å². The number of nitrogens with zero attached hydrogens (tertiary/aromatic N) is 4. The van der Waals surface area contributed by atoms with Crippen LogP contribution in [0.15, 0.2) is 39.6 Å². The molecular weight excluding hydrogens is 792 g/mol. The fourth-order valence-corrected chi connectivity index (χ4v) is 10.3. The molecular formula is C36H42ClN6O11S2+. The number of hydrogen-bond acceptors (Lipinski definition) is 14. The number of hydrogen-bond donors (Lipinski definition) is 6. The molecule has 5 heterocycles. The number of aromatic hydroxyl groups is 2. The summed E-state index contributed by atoms with van der Waals surface area (Å²) in [6.07, 6.45) is 1.90. The highest BCUT2D eigenvalue weighted by Gasteiger charge is 2.55. The predicted octanol–water partition coefficient (Wildman–Crippen LogP) is 2.62. The number of fused-ring (bicyclic) bond motifs is 2. The number of carboxylic acid groups (broad SMARTS) is 2. The first-order valence-electron chi connectivity index (χ1n) is 17.7. The number of quaternary nitrogens is 1. The number of nitrogens with one attached hydrogen (secondary N) is 1. The van der Waals surface area contributed by atoms with Crippen molar-refractivity contribution < 1.29 is 58.5 Å². The highest BCUT2D eigenvalue weighted by molar-refractivity contribution is 8.00. The number of carbonyl (C=O) groups is 5. The van der Waals surface area contributed by atoms with Gasteiger partial charge in [-0.1, -0.05) is 23.7 Å². The third-order valence-corrected chi connectivity index (χ3v) is 13.0. The number of phenolic OH excluding ortho intramolecular Hbond substituents is 2. The summed E-state index contributed by atoms with van der Waals surface area (Å²) >= 11 is 8.97. The van der Waals surface area contributed by atoms with E-state index in [9.17, 15) is 39.3 Å². The number of methoxy groups -OCH3 is 1. The normalized spacial score (nSPS) is 20.8. The highest BCUT2D eigenvalue weighted by atomic mass is 35.5. The summed E-state index contributed by atoms with van der Waals surface area (Å²) in [7, 11) is 3.08. The summed E-state index contributed by atoms with van der Waals surface area (Å²) in [5.74, 6) is -5.52. The van der Waals surface area contributed by atoms with Gasteiger partial charge in [-0.05, 0) is 12.0 Å². The Morgan fingerprint density at radius 3 is 2.54 bits per heavy atom. The molecule has 17 nitrogen and oxygen atoms in total. The zero-order chi connectivity index (χ0) is 40.6. The number of benzene rings is 1. The Hall–Kier alpha value is -4.98. The van der Waals surface area contributed by atoms with Crippen LogP contribution in [0.4, 0.5) is 10.7 Å². The standard InChI is InChI=1S/C36H41ClN6O11S2/c1-4-19-21(16-55-31(19)38)27(40-54-24(35(50)51)11-25(45)46)32(48)39-28-33(49)42-29(36(52)53-3)18(15-56-34(28)42)14-43(7-5-6-8-43)13-17-9-20-22(41(2)12-17)10-23(44)30(47)26(20)37/h10,12,16,24,28,34H,4-9,11,13-15,38H2,1-3H3,(H4-,39,40,44,45,46,47,48,50,51)/p+1. The lowest BCUT2D eigenvalue weighted by Gasteiger charge is -2.50. The lowest BCUT2D eigenvalue weighted by Crippen LogP contribution is -2.71. The van der Waals surface area contributed by atoms with Gasteiger partial charge in [-0.15, -0.1) is 23.1 Å². The maximum Gasteiger partial charge on any atom is 0.355 e. The number of carbonyl (C=O) groups excluding carboxylic acids is 3. The molecule has 0 spiro atoms. The number of carboxylic acids is 2. The Labute approximate surface area is 334 Å². The van der Waals surface area contributed by atoms with E-state index in [0.29, 0.717) is 58.0 Å². The molecule has 2 aromatic rings. The number of likely N-dealkylation sites (tertiary alicyclic amines) is 1. The second-order valence-electron chi connectivity index (χ2n) is 14.1. The van der Waals surface area contributed by atoms with E-state index in [4.69, 9.17) is 32.0 Å². The van der Waals surface area contributed by atoms with Crippen molar-refractivity contribution in [2.24, 2.45) is 5.16 Å². The number of aliphatic carboxylic acids is 2. The van der Waals surface area contributed by atoms with Gasteiger partial charge in [-0.2, -0.15) is 0 Å². The molecule has 4 aliphatic heterocycles. The van der Waals surface area contributed by atoms with E-state index in [1.807, 2.05) is 18.1 Å². The molecule has 300 valence electrons. The molecule has 1 aromatic heterocycles. The van der Waals surface area contributed by atoms with E-state index in [-0.39, 0.29) is 33.5 Å². The number of esters is 1. The average molecular weight is 834 g/mol. The number of anilines is 2. The maximum absolute atomic E-state index is 13.9. The summed E-state index contributed by atoms with van der Waals surface area (Å²) < 4.78 is 5.79. The number of phenols is 2. The van der Waals surface area contributed by atoms with Crippen molar-refractivity contribution in [3.05, 3.63) is 56.2 Å². The molecule has 3 atom stereocenters. The number of thiophene rings is 1. The van der Waals surface area contributed by atoms with Gasteiger partial charge in [-0.25, -0.2) is 9.59 Å². The molecule has 7 N–H and O–H groups in total. The van der Waals surface area contributed by atoms with E-state index >= 15 is 0 Å². The number of nitrogen functional groups attached to an aromatic ring is 1. The Morgan fingerprint density at radius 1 is 1.18 bits per heavy atom. The number of oxime groups is 1. The SMILES string of the molecule is CCc1c(C(=NOC(CC(=O)O)C(=O)O)C(=O)NC2C(=O)N3C(C(=O)OC)=C(C[N+]4(CC5=CN(C)c6cc(O)c(O)c(Cl)c6C5)CCCC4)CSC23)csc1N. The zero-order valence-electron chi connectivity index (χ0n) is 30.7. The van der Waals surface area contributed by atoms with Gasteiger partial charge in [0.05, 0.1) is 36.6 Å². The van der Waals surface area contributed by atoms with Crippen molar-refractivity contribution in [2.75, 3.05) is 56.7 Å². The van der Waals surface area contributed by atoms with Gasteiger partial charge in [0, 0.05) is 77.7 Å². The van der Waals surface area contributed by atoms with E-state index < -0.39 is 53.7 Å². The number of ether oxygens (including phenoxy) is 1. The fourth-order valence-electron chi connectivity index (χ4n) is 7.78. The first-order chi connectivity index (χ1) is 26.6. The molecule has 56 heavy (non-hydrogen) atoms. The summed E-state index contributed by atoms with van der Waals surface area (Å²) in [4.78, 5) is 72.4. The van der Waals surface area contributed by atoms with Crippen molar-refractivity contribution in [1.82, 2.24) is 10.2 Å². The van der Waals surface area contributed by atoms with Crippen LogP contribution in [0.2, 0.25) is 5.02 Å². The van der Waals surface area contributed by atoms with Gasteiger partial charge in [0.2, 0.25) is 6.10 Å². The number of β-lactam (4-membered cyclic amide) rings is 1. The van der Waals surface area contributed by atoms with Crippen LogP contribution in [0.5, 0.6) is 11.5 Å². The Balaban J connectivity index is 1.24. The molecule has 0 saturated carbocycles. The van der Waals surface area contributed by atoms with E-state index in [1.165, 1.54) is 35.2 Å². The van der Waals surface area contributed by atoms with Gasteiger partial charge in [0.25, 0.3) is 11.8 Å². The van der Waals surface area contributed by atoms with E-state index in [1.54, 1.807) is 6.92 Å². The molecule has 3 unspecified atom stereocenters. The number of rotatable bonds is 14. The molecule has 20 heteroatoms. The maximum atomic E-state index is 13.9. The minimum atomic E-state index is -1.90. The number of thioether (sulfide) groups is 1. The fraction of sp³-hybridized carbons (Fsp3) is 0.444. The van der Waals surface area contributed by atoms with Gasteiger partial charge in [-0.3, -0.25) is 19.3 Å². The lowest BCUT2D eigenvalue weighted by atomic mass is 9.97. The summed E-state index contributed by atoms with van der Waals surface area (Å²) in [5, 5.41) is 46.9. The third kappa shape index (κ3) is 7.72. The molecule has 2 amide bonds. The first-order valence-corrected chi connectivity index (χ1v) is 20.0. The zero-order valence-corrected chi connectivity index (χ0v) is 33.1. The molecule has 4 aliphatic rings. The molecule has 6 rings (SSSR count). The van der Waals surface area contributed by atoms with Gasteiger partial charge >= 0.3 is 17.9 Å². The van der Waals surface area contributed by atoms with Gasteiger partial charge < -0.3 is 50.4 Å². The number of halogens is 1. The minimum absolute atomic E-state index is 0.0904. The second-order valence-corrected chi connectivity index (χ2v) is 16.5. The molecule has 0 aliphatic carbocycles. The topological polar surface area (TPSA) is 242 Å². The Bertz CT molecular complexity index is 2080. The average Bonchev–Trinajstić information content (AvgIpc) is 3.77. The monoisotopic (exact) mass is 833 g/mol. The van der Waals surface area contributed by atoms with Crippen LogP contribution in [0.3, 0.4) is 0 Å². The van der Waals surface area contributed by atoms with Crippen LogP contribution >= 0.6 is 34.7 Å². The summed E-state index contributed by atoms with van der Waals surface area (Å²) in [6.45, 7) is 4.47. The molecule has 1 aromatic carbocycles. The third-order valence-electron chi connectivity index (χ3n) is 10.4. The number of nitrogens with two attached hydrogens (primary N) is 1. The summed E-state index contributed by atoms with van der Waals surface area (Å²) in [6, 6.07) is 0.374. The van der Waals surface area contributed by atoms with Gasteiger partial charge in [0.1, 0.15) is 30.2 Å². The quantitative estimate of drug-likeness (QED) is 0.0401. The largest absolute Gasteiger partial charge is 0.504 e. The second kappa shape index (κ2) is 16.2. The van der Waals surface area contributed by atoms with Crippen LogP contribution in [0.25, 0.3) is 0 Å². The van der Waals surface area contributed by atoms with Crippen molar-refractivity contribution in [1.29, 1.82) is 0 Å².